The first-order chi connectivity index (χ1) is 12.3. The lowest BCUT2D eigenvalue weighted by molar-refractivity contribution is -0.155. The third-order valence-corrected chi connectivity index (χ3v) is 7.51. The third-order valence-electron chi connectivity index (χ3n) is 4.91. The van der Waals surface area contributed by atoms with E-state index in [1.54, 1.807) is 6.26 Å². The van der Waals surface area contributed by atoms with Crippen LogP contribution in [0.1, 0.15) is 77.7 Å². The van der Waals surface area contributed by atoms with Gasteiger partial charge in [0.05, 0.1) is 11.6 Å². The minimum atomic E-state index is -1.52. The number of aliphatic hydroxyl groups is 1. The third kappa shape index (κ3) is 9.59. The lowest BCUT2D eigenvalue weighted by atomic mass is 9.89. The molecule has 0 spiro atoms. The molecule has 0 aliphatic carbocycles. The molecule has 1 aromatic heterocycles. The van der Waals surface area contributed by atoms with Crippen LogP contribution in [0.15, 0.2) is 16.7 Å². The van der Waals surface area contributed by atoms with E-state index in [0.29, 0.717) is 11.8 Å². The molecule has 0 bridgehead atoms. The van der Waals surface area contributed by atoms with Crippen molar-refractivity contribution in [2.24, 2.45) is 5.41 Å². The van der Waals surface area contributed by atoms with Crippen LogP contribution in [0.4, 0.5) is 0 Å². The first kappa shape index (κ1) is 24.7. The average molecular weight is 413 g/mol. The molecule has 1 heterocycles. The molecule has 27 heavy (non-hydrogen) atoms. The second-order valence-corrected chi connectivity index (χ2v) is 17.9. The molecule has 1 aromatic rings. The highest BCUT2D eigenvalue weighted by atomic mass is 28.3. The minimum Gasteiger partial charge on any atom is -0.474 e. The summed E-state index contributed by atoms with van der Waals surface area (Å²) in [6.45, 7) is 17.9. The standard InChI is InChI=1S/C22H44O3Si2/c1-21(2,3)15-13-11-9-10-12-14-16-22(23,25-26(4)5)19-17-20(24-18-19)27(6,7)8/h17-18,23,26H,9-16H2,1-8H3. The van der Waals surface area contributed by atoms with E-state index >= 15 is 0 Å². The second kappa shape index (κ2) is 10.4. The average Bonchev–Trinajstić information content (AvgIpc) is 2.99. The van der Waals surface area contributed by atoms with Gasteiger partial charge in [0.1, 0.15) is 8.07 Å². The maximum Gasteiger partial charge on any atom is 0.185 e. The van der Waals surface area contributed by atoms with Gasteiger partial charge in [-0.1, -0.05) is 72.5 Å². The van der Waals surface area contributed by atoms with Crippen LogP contribution >= 0.6 is 0 Å². The van der Waals surface area contributed by atoms with Gasteiger partial charge in [-0.25, -0.2) is 0 Å². The van der Waals surface area contributed by atoms with Gasteiger partial charge >= 0.3 is 0 Å². The van der Waals surface area contributed by atoms with Gasteiger partial charge in [0.25, 0.3) is 0 Å². The molecule has 0 amide bonds. The van der Waals surface area contributed by atoms with E-state index < -0.39 is 22.9 Å². The Morgan fingerprint density at radius 2 is 1.48 bits per heavy atom. The molecular formula is C22H44O3Si2. The summed E-state index contributed by atoms with van der Waals surface area (Å²) in [5.74, 6) is -1.17. The van der Waals surface area contributed by atoms with Crippen molar-refractivity contribution in [2.75, 3.05) is 0 Å². The van der Waals surface area contributed by atoms with Crippen molar-refractivity contribution in [3.05, 3.63) is 17.9 Å². The van der Waals surface area contributed by atoms with Crippen molar-refractivity contribution in [3.63, 3.8) is 0 Å². The van der Waals surface area contributed by atoms with Gasteiger partial charge in [-0.05, 0) is 37.4 Å². The normalized spacial score (nSPS) is 15.3. The van der Waals surface area contributed by atoms with Crippen LogP contribution in [0.5, 0.6) is 0 Å². The van der Waals surface area contributed by atoms with Crippen molar-refractivity contribution in [2.45, 2.75) is 111 Å². The largest absolute Gasteiger partial charge is 0.474 e. The summed E-state index contributed by atoms with van der Waals surface area (Å²) in [6, 6.07) is 2.04. The predicted molar refractivity (Wildman–Crippen MR) is 122 cm³/mol. The lowest BCUT2D eigenvalue weighted by Gasteiger charge is -2.30. The molecule has 0 aliphatic heterocycles. The molecule has 0 radical (unpaired) electrons. The van der Waals surface area contributed by atoms with Gasteiger partial charge < -0.3 is 13.9 Å². The number of unbranched alkanes of at least 4 members (excludes halogenated alkanes) is 5. The summed E-state index contributed by atoms with van der Waals surface area (Å²) in [6.07, 6.45) is 11.0. The van der Waals surface area contributed by atoms with Crippen LogP contribution in [-0.4, -0.2) is 22.2 Å². The Morgan fingerprint density at radius 1 is 0.963 bits per heavy atom. The van der Waals surface area contributed by atoms with Gasteiger partial charge in [0, 0.05) is 12.0 Å². The first-order valence-electron chi connectivity index (χ1n) is 10.8. The fourth-order valence-corrected chi connectivity index (χ4v) is 5.36. The van der Waals surface area contributed by atoms with E-state index in [-0.39, 0.29) is 0 Å². The van der Waals surface area contributed by atoms with Crippen molar-refractivity contribution >= 4 is 22.5 Å². The Labute approximate surface area is 170 Å². The van der Waals surface area contributed by atoms with Gasteiger partial charge in [0.2, 0.25) is 0 Å². The number of hydrogen-bond acceptors (Lipinski definition) is 3. The van der Waals surface area contributed by atoms with E-state index in [1.807, 2.05) is 6.07 Å². The van der Waals surface area contributed by atoms with Crippen molar-refractivity contribution < 1.29 is 13.9 Å². The molecule has 1 N–H and O–H groups in total. The fourth-order valence-electron chi connectivity index (χ4n) is 3.32. The molecule has 0 aromatic carbocycles. The Hall–Kier alpha value is -0.366. The van der Waals surface area contributed by atoms with Crippen molar-refractivity contribution in [1.82, 2.24) is 0 Å². The minimum absolute atomic E-state index is 0.452. The molecule has 1 atom stereocenters. The van der Waals surface area contributed by atoms with Crippen LogP contribution < -0.4 is 5.38 Å². The van der Waals surface area contributed by atoms with E-state index in [9.17, 15) is 5.11 Å². The number of hydrogen-bond donors (Lipinski definition) is 1. The van der Waals surface area contributed by atoms with Gasteiger partial charge in [-0.3, -0.25) is 0 Å². The topological polar surface area (TPSA) is 42.6 Å². The fraction of sp³-hybridized carbons (Fsp3) is 0.818. The van der Waals surface area contributed by atoms with Gasteiger partial charge in [-0.15, -0.1) is 0 Å². The summed E-state index contributed by atoms with van der Waals surface area (Å²) in [4.78, 5) is 0. The SMILES string of the molecule is C[SiH](C)OC(O)(CCCCCCCCC(C)(C)C)c1coc([Si](C)(C)C)c1. The number of furan rings is 1. The quantitative estimate of drug-likeness (QED) is 0.255. The highest BCUT2D eigenvalue weighted by Gasteiger charge is 2.34. The molecule has 1 unspecified atom stereocenters. The van der Waals surface area contributed by atoms with Crippen LogP contribution in [0.25, 0.3) is 0 Å². The van der Waals surface area contributed by atoms with Crippen molar-refractivity contribution in [1.29, 1.82) is 0 Å². The van der Waals surface area contributed by atoms with Crippen LogP contribution in [0.2, 0.25) is 32.7 Å². The van der Waals surface area contributed by atoms with E-state index in [2.05, 4.69) is 53.5 Å². The highest BCUT2D eigenvalue weighted by molar-refractivity contribution is 6.87. The molecular weight excluding hydrogens is 368 g/mol. The maximum absolute atomic E-state index is 11.2. The Kier molecular flexibility index (Phi) is 9.52. The molecule has 0 aliphatic rings. The zero-order valence-corrected chi connectivity index (χ0v) is 21.3. The molecule has 5 heteroatoms. The smallest absolute Gasteiger partial charge is 0.185 e. The van der Waals surface area contributed by atoms with E-state index in [4.69, 9.17) is 8.84 Å². The molecule has 0 saturated carbocycles. The Bertz CT molecular complexity index is 540. The van der Waals surface area contributed by atoms with E-state index in [1.165, 1.54) is 32.1 Å². The van der Waals surface area contributed by atoms with Crippen LogP contribution in [0, 0.1) is 5.41 Å². The lowest BCUT2D eigenvalue weighted by Crippen LogP contribution is -2.37. The summed E-state index contributed by atoms with van der Waals surface area (Å²) in [5.41, 5.74) is 1.26. The first-order valence-corrected chi connectivity index (χ1v) is 17.1. The molecule has 0 saturated heterocycles. The summed E-state index contributed by atoms with van der Waals surface area (Å²) >= 11 is 0. The predicted octanol–water partition coefficient (Wildman–Crippen LogP) is 6.14. The monoisotopic (exact) mass is 412 g/mol. The second-order valence-electron chi connectivity index (χ2n) is 10.6. The zero-order chi connectivity index (χ0) is 20.7. The zero-order valence-electron chi connectivity index (χ0n) is 19.2. The number of rotatable bonds is 12. The van der Waals surface area contributed by atoms with Gasteiger partial charge in [-0.2, -0.15) is 0 Å². The Morgan fingerprint density at radius 3 is 1.93 bits per heavy atom. The van der Waals surface area contributed by atoms with Crippen molar-refractivity contribution in [3.8, 4) is 0 Å². The summed E-state index contributed by atoms with van der Waals surface area (Å²) in [7, 11) is -2.89. The highest BCUT2D eigenvalue weighted by Crippen LogP contribution is 2.31. The maximum atomic E-state index is 11.2. The summed E-state index contributed by atoms with van der Waals surface area (Å²) < 4.78 is 11.9. The summed E-state index contributed by atoms with van der Waals surface area (Å²) in [5, 5.41) is 12.3. The van der Waals surface area contributed by atoms with Crippen LogP contribution in [-0.2, 0) is 10.2 Å². The molecule has 0 fully saturated rings. The van der Waals surface area contributed by atoms with Crippen LogP contribution in [0.3, 0.4) is 0 Å². The molecule has 158 valence electrons. The molecule has 3 nitrogen and oxygen atoms in total. The molecule has 1 rings (SSSR count). The Balaban J connectivity index is 2.49. The van der Waals surface area contributed by atoms with Gasteiger partial charge in [0.15, 0.2) is 14.8 Å². The van der Waals surface area contributed by atoms with E-state index in [0.717, 1.165) is 23.8 Å².